The van der Waals surface area contributed by atoms with Gasteiger partial charge in [-0.2, -0.15) is 5.10 Å². The fourth-order valence-electron chi connectivity index (χ4n) is 2.97. The molecule has 2 heterocycles. The van der Waals surface area contributed by atoms with Crippen molar-refractivity contribution in [3.63, 3.8) is 0 Å². The minimum Gasteiger partial charge on any atom is -0.387 e. The number of hydrogen-bond acceptors (Lipinski definition) is 4. The van der Waals surface area contributed by atoms with Crippen LogP contribution in [0.3, 0.4) is 0 Å². The molecular weight excluding hydrogens is 276 g/mol. The highest BCUT2D eigenvalue weighted by molar-refractivity contribution is 5.17. The van der Waals surface area contributed by atoms with Gasteiger partial charge in [0.15, 0.2) is 0 Å². The summed E-state index contributed by atoms with van der Waals surface area (Å²) in [5.41, 5.74) is 2.26. The molecule has 1 aliphatic rings. The number of rotatable bonds is 5. The van der Waals surface area contributed by atoms with Crippen LogP contribution in [0, 0.1) is 0 Å². The molecule has 0 radical (unpaired) electrons. The van der Waals surface area contributed by atoms with Crippen molar-refractivity contribution in [2.24, 2.45) is 7.05 Å². The summed E-state index contributed by atoms with van der Waals surface area (Å²) in [6, 6.07) is 9.91. The Labute approximate surface area is 131 Å². The largest absolute Gasteiger partial charge is 0.387 e. The molecule has 0 spiro atoms. The molecule has 0 bridgehead atoms. The van der Waals surface area contributed by atoms with E-state index in [9.17, 15) is 5.11 Å². The van der Waals surface area contributed by atoms with Crippen molar-refractivity contribution in [1.82, 2.24) is 19.6 Å². The fourth-order valence-corrected chi connectivity index (χ4v) is 2.97. The van der Waals surface area contributed by atoms with Crippen molar-refractivity contribution in [1.29, 1.82) is 0 Å². The van der Waals surface area contributed by atoms with E-state index in [1.54, 1.807) is 0 Å². The molecule has 5 heteroatoms. The van der Waals surface area contributed by atoms with Gasteiger partial charge in [0.05, 0.1) is 12.3 Å². The zero-order valence-corrected chi connectivity index (χ0v) is 13.1. The van der Waals surface area contributed by atoms with Gasteiger partial charge in [0.1, 0.15) is 0 Å². The zero-order chi connectivity index (χ0) is 15.4. The highest BCUT2D eigenvalue weighted by Gasteiger charge is 2.20. The molecule has 5 nitrogen and oxygen atoms in total. The molecule has 1 aromatic heterocycles. The lowest BCUT2D eigenvalue weighted by Crippen LogP contribution is -2.47. The van der Waals surface area contributed by atoms with Crippen LogP contribution in [0.5, 0.6) is 0 Å². The molecule has 0 amide bonds. The lowest BCUT2D eigenvalue weighted by molar-refractivity contribution is 0.0701. The summed E-state index contributed by atoms with van der Waals surface area (Å²) in [7, 11) is 1.95. The number of nitrogens with zero attached hydrogens (tertiary/aromatic N) is 4. The van der Waals surface area contributed by atoms with Gasteiger partial charge in [0.2, 0.25) is 0 Å². The summed E-state index contributed by atoms with van der Waals surface area (Å²) in [6.07, 6.45) is 3.61. The van der Waals surface area contributed by atoms with E-state index >= 15 is 0 Å². The van der Waals surface area contributed by atoms with E-state index in [0.29, 0.717) is 6.54 Å². The van der Waals surface area contributed by atoms with Crippen LogP contribution in [0.15, 0.2) is 42.7 Å². The molecule has 0 saturated carbocycles. The first kappa shape index (κ1) is 15.2. The lowest BCUT2D eigenvalue weighted by Gasteiger charge is -2.35. The molecule has 1 N–H and O–H groups in total. The van der Waals surface area contributed by atoms with Crippen LogP contribution >= 0.6 is 0 Å². The van der Waals surface area contributed by atoms with Crippen LogP contribution in [-0.2, 0) is 13.6 Å². The van der Waals surface area contributed by atoms with E-state index in [1.165, 1.54) is 5.56 Å². The molecule has 118 valence electrons. The van der Waals surface area contributed by atoms with E-state index in [4.69, 9.17) is 0 Å². The molecule has 1 fully saturated rings. The number of piperazine rings is 1. The average molecular weight is 300 g/mol. The number of β-amino-alcohol motifs (C(OH)–C–C–N with tert-alkyl or cyclic N) is 1. The first-order chi connectivity index (χ1) is 10.7. The predicted molar refractivity (Wildman–Crippen MR) is 86.3 cm³/mol. The molecule has 0 aliphatic carbocycles. The maximum Gasteiger partial charge on any atom is 0.0916 e. The Kier molecular flexibility index (Phi) is 4.87. The first-order valence-corrected chi connectivity index (χ1v) is 7.86. The summed E-state index contributed by atoms with van der Waals surface area (Å²) >= 11 is 0. The summed E-state index contributed by atoms with van der Waals surface area (Å²) < 4.78 is 1.85. The van der Waals surface area contributed by atoms with Gasteiger partial charge in [0, 0.05) is 58.1 Å². The number of benzene rings is 1. The second-order valence-electron chi connectivity index (χ2n) is 6.03. The number of aromatic nitrogens is 2. The smallest absolute Gasteiger partial charge is 0.0916 e. The van der Waals surface area contributed by atoms with Crippen LogP contribution in [0.2, 0.25) is 0 Å². The third-order valence-electron chi connectivity index (χ3n) is 4.24. The van der Waals surface area contributed by atoms with Crippen LogP contribution in [0.1, 0.15) is 17.2 Å². The van der Waals surface area contributed by atoms with Gasteiger partial charge in [-0.3, -0.25) is 14.5 Å². The number of aliphatic hydroxyl groups excluding tert-OH is 1. The number of hydrogen-bond donors (Lipinski definition) is 1. The second-order valence-corrected chi connectivity index (χ2v) is 6.03. The van der Waals surface area contributed by atoms with E-state index < -0.39 is 6.10 Å². The number of aryl methyl sites for hydroxylation is 1. The van der Waals surface area contributed by atoms with Crippen molar-refractivity contribution in [3.05, 3.63) is 53.9 Å². The van der Waals surface area contributed by atoms with Gasteiger partial charge >= 0.3 is 0 Å². The molecular formula is C17H24N4O. The van der Waals surface area contributed by atoms with Crippen LogP contribution in [0.25, 0.3) is 0 Å². The number of aliphatic hydroxyl groups is 1. The molecule has 1 saturated heterocycles. The molecule has 1 aliphatic heterocycles. The van der Waals surface area contributed by atoms with Gasteiger partial charge < -0.3 is 5.11 Å². The van der Waals surface area contributed by atoms with Crippen molar-refractivity contribution in [2.45, 2.75) is 12.6 Å². The van der Waals surface area contributed by atoms with Crippen molar-refractivity contribution in [3.8, 4) is 0 Å². The van der Waals surface area contributed by atoms with Gasteiger partial charge in [0.25, 0.3) is 0 Å². The van der Waals surface area contributed by atoms with E-state index in [1.807, 2.05) is 48.3 Å². The van der Waals surface area contributed by atoms with Crippen LogP contribution < -0.4 is 0 Å². The van der Waals surface area contributed by atoms with E-state index in [-0.39, 0.29) is 0 Å². The van der Waals surface area contributed by atoms with Gasteiger partial charge in [-0.05, 0) is 5.56 Å². The molecule has 22 heavy (non-hydrogen) atoms. The predicted octanol–water partition coefficient (Wildman–Crippen LogP) is 1.27. The SMILES string of the molecule is Cn1cc(CN2CCN(C[C@H](O)c3ccccc3)CC2)cn1. The second kappa shape index (κ2) is 7.05. The monoisotopic (exact) mass is 300 g/mol. The Bertz CT molecular complexity index is 575. The third kappa shape index (κ3) is 3.94. The molecule has 1 atom stereocenters. The third-order valence-corrected chi connectivity index (χ3v) is 4.24. The molecule has 3 rings (SSSR count). The Balaban J connectivity index is 1.45. The van der Waals surface area contributed by atoms with E-state index in [2.05, 4.69) is 21.1 Å². The Morgan fingerprint density at radius 2 is 1.77 bits per heavy atom. The lowest BCUT2D eigenvalue weighted by atomic mass is 10.1. The standard InChI is InChI=1S/C17H24N4O/c1-19-12-15(11-18-19)13-20-7-9-21(10-8-20)14-17(22)16-5-3-2-4-6-16/h2-6,11-12,17,22H,7-10,13-14H2,1H3/t17-/m0/s1. The average Bonchev–Trinajstić information content (AvgIpc) is 2.95. The summed E-state index contributed by atoms with van der Waals surface area (Å²) in [4.78, 5) is 4.79. The topological polar surface area (TPSA) is 44.5 Å². The molecule has 0 unspecified atom stereocenters. The quantitative estimate of drug-likeness (QED) is 0.903. The molecule has 1 aromatic carbocycles. The van der Waals surface area contributed by atoms with E-state index in [0.717, 1.165) is 38.3 Å². The van der Waals surface area contributed by atoms with Crippen molar-refractivity contribution < 1.29 is 5.11 Å². The Morgan fingerprint density at radius 3 is 2.41 bits per heavy atom. The minimum absolute atomic E-state index is 0.397. The van der Waals surface area contributed by atoms with Gasteiger partial charge in [-0.1, -0.05) is 30.3 Å². The summed E-state index contributed by atoms with van der Waals surface area (Å²) in [6.45, 7) is 5.76. The normalized spacial score (nSPS) is 18.5. The Morgan fingerprint density at radius 1 is 1.09 bits per heavy atom. The summed E-state index contributed by atoms with van der Waals surface area (Å²) in [5, 5.41) is 14.5. The maximum atomic E-state index is 10.3. The van der Waals surface area contributed by atoms with Crippen molar-refractivity contribution in [2.75, 3.05) is 32.7 Å². The maximum absolute atomic E-state index is 10.3. The summed E-state index contributed by atoms with van der Waals surface area (Å²) in [5.74, 6) is 0. The van der Waals surface area contributed by atoms with Gasteiger partial charge in [-0.15, -0.1) is 0 Å². The molecule has 2 aromatic rings. The minimum atomic E-state index is -0.397. The van der Waals surface area contributed by atoms with Crippen LogP contribution in [-0.4, -0.2) is 57.4 Å². The van der Waals surface area contributed by atoms with Crippen LogP contribution in [0.4, 0.5) is 0 Å². The highest BCUT2D eigenvalue weighted by Crippen LogP contribution is 2.15. The Hall–Kier alpha value is -1.69. The highest BCUT2D eigenvalue weighted by atomic mass is 16.3. The zero-order valence-electron chi connectivity index (χ0n) is 13.1. The van der Waals surface area contributed by atoms with Crippen molar-refractivity contribution >= 4 is 0 Å². The first-order valence-electron chi connectivity index (χ1n) is 7.86. The fraction of sp³-hybridized carbons (Fsp3) is 0.471. The van der Waals surface area contributed by atoms with Gasteiger partial charge in [-0.25, -0.2) is 0 Å².